The summed E-state index contributed by atoms with van der Waals surface area (Å²) >= 11 is 0. The average molecular weight is 375 g/mol. The number of carbonyl (C=O) groups is 1. The minimum Gasteiger partial charge on any atom is -0.352 e. The molecule has 0 radical (unpaired) electrons. The van der Waals surface area contributed by atoms with Crippen LogP contribution in [0.1, 0.15) is 40.9 Å². The van der Waals surface area contributed by atoms with Gasteiger partial charge in [-0.3, -0.25) is 4.79 Å². The maximum atomic E-state index is 12.6. The molecule has 1 amide bonds. The fourth-order valence-corrected chi connectivity index (χ4v) is 3.42. The van der Waals surface area contributed by atoms with E-state index >= 15 is 0 Å². The molecule has 6 heteroatoms. The summed E-state index contributed by atoms with van der Waals surface area (Å²) in [5.74, 6) is 0.0640. The lowest BCUT2D eigenvalue weighted by Gasteiger charge is -2.12. The van der Waals surface area contributed by atoms with Crippen LogP contribution in [0.3, 0.4) is 0 Å². The Labute approximate surface area is 155 Å². The monoisotopic (exact) mass is 374 g/mol. The van der Waals surface area contributed by atoms with Crippen LogP contribution >= 0.6 is 0 Å². The Morgan fingerprint density at radius 1 is 1.04 bits per heavy atom. The van der Waals surface area contributed by atoms with E-state index in [2.05, 4.69) is 10.0 Å². The molecule has 0 bridgehead atoms. The van der Waals surface area contributed by atoms with Crippen molar-refractivity contribution in [2.24, 2.45) is 5.92 Å². The fourth-order valence-electron chi connectivity index (χ4n) is 2.37. The number of sulfonamides is 1. The summed E-state index contributed by atoms with van der Waals surface area (Å²) in [5, 5.41) is 2.83. The highest BCUT2D eigenvalue weighted by molar-refractivity contribution is 7.89. The molecule has 0 saturated carbocycles. The number of carbonyl (C=O) groups excluding carboxylic acids is 1. The van der Waals surface area contributed by atoms with Crippen LogP contribution in [-0.4, -0.2) is 20.9 Å². The number of rotatable bonds is 7. The van der Waals surface area contributed by atoms with Gasteiger partial charge in [-0.2, -0.15) is 0 Å². The van der Waals surface area contributed by atoms with E-state index < -0.39 is 10.0 Å². The average Bonchev–Trinajstić information content (AvgIpc) is 2.59. The SMILES string of the molecule is Cc1ccc(CNS(=O)(=O)c2ccc(C)c(C(=O)NCC(C)C)c2)cc1. The van der Waals surface area contributed by atoms with E-state index in [0.29, 0.717) is 18.0 Å². The van der Waals surface area contributed by atoms with Gasteiger partial charge in [-0.15, -0.1) is 0 Å². The third-order valence-electron chi connectivity index (χ3n) is 4.02. The van der Waals surface area contributed by atoms with E-state index in [-0.39, 0.29) is 17.3 Å². The van der Waals surface area contributed by atoms with Crippen molar-refractivity contribution in [1.29, 1.82) is 0 Å². The van der Waals surface area contributed by atoms with Crippen molar-refractivity contribution in [3.8, 4) is 0 Å². The van der Waals surface area contributed by atoms with E-state index in [1.54, 1.807) is 13.0 Å². The molecule has 0 unspecified atom stereocenters. The highest BCUT2D eigenvalue weighted by atomic mass is 32.2. The molecule has 0 saturated heterocycles. The Morgan fingerprint density at radius 3 is 2.31 bits per heavy atom. The smallest absolute Gasteiger partial charge is 0.251 e. The molecule has 0 atom stereocenters. The summed E-state index contributed by atoms with van der Waals surface area (Å²) in [4.78, 5) is 12.4. The van der Waals surface area contributed by atoms with Gasteiger partial charge in [0.25, 0.3) is 5.91 Å². The molecule has 0 heterocycles. The summed E-state index contributed by atoms with van der Waals surface area (Å²) in [5.41, 5.74) is 3.11. The van der Waals surface area contributed by atoms with Crippen molar-refractivity contribution in [3.05, 3.63) is 64.7 Å². The third-order valence-corrected chi connectivity index (χ3v) is 5.42. The van der Waals surface area contributed by atoms with Gasteiger partial charge in [0.2, 0.25) is 10.0 Å². The van der Waals surface area contributed by atoms with E-state index in [9.17, 15) is 13.2 Å². The number of hydrogen-bond donors (Lipinski definition) is 2. The standard InChI is InChI=1S/C20H26N2O3S/c1-14(2)12-21-20(23)19-11-18(10-7-16(19)4)26(24,25)22-13-17-8-5-15(3)6-9-17/h5-11,14,22H,12-13H2,1-4H3,(H,21,23). The molecule has 2 N–H and O–H groups in total. The van der Waals surface area contributed by atoms with Gasteiger partial charge in [-0.1, -0.05) is 49.7 Å². The first-order chi connectivity index (χ1) is 12.2. The van der Waals surface area contributed by atoms with Gasteiger partial charge in [0.05, 0.1) is 4.90 Å². The van der Waals surface area contributed by atoms with Crippen molar-refractivity contribution in [2.75, 3.05) is 6.54 Å². The normalized spacial score (nSPS) is 11.6. The second-order valence-corrected chi connectivity index (χ2v) is 8.66. The predicted molar refractivity (Wildman–Crippen MR) is 104 cm³/mol. The van der Waals surface area contributed by atoms with Crippen LogP contribution in [0.15, 0.2) is 47.4 Å². The van der Waals surface area contributed by atoms with Gasteiger partial charge in [-0.25, -0.2) is 13.1 Å². The maximum Gasteiger partial charge on any atom is 0.251 e. The summed E-state index contributed by atoms with van der Waals surface area (Å²) in [7, 11) is -3.70. The van der Waals surface area contributed by atoms with Gasteiger partial charge < -0.3 is 5.32 Å². The molecule has 0 aliphatic carbocycles. The summed E-state index contributed by atoms with van der Waals surface area (Å²) in [6.45, 7) is 8.52. The Bertz CT molecular complexity index is 872. The number of amides is 1. The lowest BCUT2D eigenvalue weighted by molar-refractivity contribution is 0.0948. The molecule has 2 aromatic rings. The first-order valence-corrected chi connectivity index (χ1v) is 10.1. The Balaban J connectivity index is 2.17. The van der Waals surface area contributed by atoms with E-state index in [1.165, 1.54) is 12.1 Å². The predicted octanol–water partition coefficient (Wildman–Crippen LogP) is 3.17. The van der Waals surface area contributed by atoms with Gasteiger partial charge in [0, 0.05) is 18.7 Å². The van der Waals surface area contributed by atoms with E-state index in [1.807, 2.05) is 45.0 Å². The number of hydrogen-bond acceptors (Lipinski definition) is 3. The molecule has 0 aromatic heterocycles. The van der Waals surface area contributed by atoms with Crippen LogP contribution in [-0.2, 0) is 16.6 Å². The van der Waals surface area contributed by atoms with Crippen LogP contribution in [0.4, 0.5) is 0 Å². The molecule has 0 spiro atoms. The van der Waals surface area contributed by atoms with Crippen molar-refractivity contribution in [2.45, 2.75) is 39.1 Å². The van der Waals surface area contributed by atoms with E-state index in [4.69, 9.17) is 0 Å². The van der Waals surface area contributed by atoms with Crippen LogP contribution in [0.2, 0.25) is 0 Å². The number of aryl methyl sites for hydroxylation is 2. The summed E-state index contributed by atoms with van der Waals surface area (Å²) < 4.78 is 27.8. The first-order valence-electron chi connectivity index (χ1n) is 8.63. The highest BCUT2D eigenvalue weighted by Crippen LogP contribution is 2.16. The quantitative estimate of drug-likeness (QED) is 0.782. The number of nitrogens with one attached hydrogen (secondary N) is 2. The molecule has 2 rings (SSSR count). The second kappa shape index (κ2) is 8.47. The zero-order valence-electron chi connectivity index (χ0n) is 15.7. The summed E-state index contributed by atoms with van der Waals surface area (Å²) in [6, 6.07) is 12.3. The molecular formula is C20H26N2O3S. The van der Waals surface area contributed by atoms with Gasteiger partial charge in [-0.05, 0) is 43.0 Å². The highest BCUT2D eigenvalue weighted by Gasteiger charge is 2.18. The lowest BCUT2D eigenvalue weighted by atomic mass is 10.1. The van der Waals surface area contributed by atoms with Crippen molar-refractivity contribution in [3.63, 3.8) is 0 Å². The number of benzene rings is 2. The van der Waals surface area contributed by atoms with Crippen molar-refractivity contribution >= 4 is 15.9 Å². The van der Waals surface area contributed by atoms with Crippen LogP contribution < -0.4 is 10.0 Å². The minimum absolute atomic E-state index is 0.0879. The first kappa shape index (κ1) is 20.1. The minimum atomic E-state index is -3.70. The maximum absolute atomic E-state index is 12.6. The Hall–Kier alpha value is -2.18. The van der Waals surface area contributed by atoms with Gasteiger partial charge in [0.15, 0.2) is 0 Å². The zero-order valence-corrected chi connectivity index (χ0v) is 16.5. The van der Waals surface area contributed by atoms with E-state index in [0.717, 1.165) is 16.7 Å². The van der Waals surface area contributed by atoms with Crippen LogP contribution in [0.5, 0.6) is 0 Å². The largest absolute Gasteiger partial charge is 0.352 e. The zero-order chi connectivity index (χ0) is 19.3. The molecule has 0 aliphatic rings. The molecule has 140 valence electrons. The van der Waals surface area contributed by atoms with Crippen LogP contribution in [0.25, 0.3) is 0 Å². The molecule has 26 heavy (non-hydrogen) atoms. The molecule has 5 nitrogen and oxygen atoms in total. The third kappa shape index (κ3) is 5.41. The molecular weight excluding hydrogens is 348 g/mol. The summed E-state index contributed by atoms with van der Waals surface area (Å²) in [6.07, 6.45) is 0. The topological polar surface area (TPSA) is 75.3 Å². The Kier molecular flexibility index (Phi) is 6.56. The second-order valence-electron chi connectivity index (χ2n) is 6.89. The Morgan fingerprint density at radius 2 is 1.69 bits per heavy atom. The fraction of sp³-hybridized carbons (Fsp3) is 0.350. The van der Waals surface area contributed by atoms with Crippen molar-refractivity contribution < 1.29 is 13.2 Å². The molecule has 2 aromatic carbocycles. The van der Waals surface area contributed by atoms with Gasteiger partial charge >= 0.3 is 0 Å². The van der Waals surface area contributed by atoms with Crippen LogP contribution in [0, 0.1) is 19.8 Å². The van der Waals surface area contributed by atoms with Crippen molar-refractivity contribution in [1.82, 2.24) is 10.0 Å². The molecule has 0 aliphatic heterocycles. The molecule has 0 fully saturated rings. The van der Waals surface area contributed by atoms with Gasteiger partial charge in [0.1, 0.15) is 0 Å². The lowest BCUT2D eigenvalue weighted by Crippen LogP contribution is -2.28.